The number of hydrogen-bond acceptors (Lipinski definition) is 4. The molecule has 0 bridgehead atoms. The first kappa shape index (κ1) is 14.0. The molecule has 1 aromatic carbocycles. The molecule has 0 amide bonds. The smallest absolute Gasteiger partial charge is 0.184 e. The summed E-state index contributed by atoms with van der Waals surface area (Å²) in [5.41, 5.74) is 0.877. The van der Waals surface area contributed by atoms with E-state index < -0.39 is 0 Å². The molecule has 1 saturated carbocycles. The molecule has 1 aliphatic rings. The lowest BCUT2D eigenvalue weighted by molar-refractivity contribution is 0.344. The van der Waals surface area contributed by atoms with Gasteiger partial charge in [0, 0.05) is 6.04 Å². The van der Waals surface area contributed by atoms with E-state index in [0.717, 1.165) is 26.1 Å². The number of nitrogens with zero attached hydrogens (tertiary/aromatic N) is 1. The van der Waals surface area contributed by atoms with E-state index in [1.807, 2.05) is 19.1 Å². The lowest BCUT2D eigenvalue weighted by Gasteiger charge is -2.22. The van der Waals surface area contributed by atoms with E-state index in [2.05, 4.69) is 10.3 Å². The van der Waals surface area contributed by atoms with E-state index in [1.54, 1.807) is 11.3 Å². The molecule has 0 atom stereocenters. The summed E-state index contributed by atoms with van der Waals surface area (Å²) in [4.78, 5) is 4.68. The van der Waals surface area contributed by atoms with Crippen LogP contribution in [0.2, 0.25) is 5.02 Å². The van der Waals surface area contributed by atoms with Crippen molar-refractivity contribution in [3.05, 3.63) is 17.2 Å². The Morgan fingerprint density at radius 2 is 2.15 bits per heavy atom. The summed E-state index contributed by atoms with van der Waals surface area (Å²) in [5.74, 6) is 0.819. The van der Waals surface area contributed by atoms with Gasteiger partial charge in [0.25, 0.3) is 0 Å². The lowest BCUT2D eigenvalue weighted by Crippen LogP contribution is -2.21. The zero-order chi connectivity index (χ0) is 13.9. The Morgan fingerprint density at radius 3 is 2.90 bits per heavy atom. The maximum absolute atomic E-state index is 6.27. The van der Waals surface area contributed by atoms with Crippen molar-refractivity contribution < 1.29 is 4.74 Å². The Labute approximate surface area is 128 Å². The third kappa shape index (κ3) is 2.86. The topological polar surface area (TPSA) is 34.1 Å². The highest BCUT2D eigenvalue weighted by Gasteiger charge is 2.17. The molecule has 0 unspecified atom stereocenters. The first-order chi connectivity index (χ1) is 9.78. The summed E-state index contributed by atoms with van der Waals surface area (Å²) in [5, 5.41) is 5.27. The van der Waals surface area contributed by atoms with Gasteiger partial charge in [-0.1, -0.05) is 42.2 Å². The number of nitrogens with one attached hydrogen (secondary N) is 1. The minimum Gasteiger partial charge on any atom is -0.492 e. The van der Waals surface area contributed by atoms with Crippen molar-refractivity contribution in [1.82, 2.24) is 4.98 Å². The van der Waals surface area contributed by atoms with Gasteiger partial charge in [-0.25, -0.2) is 4.98 Å². The van der Waals surface area contributed by atoms with E-state index in [0.29, 0.717) is 12.6 Å². The Bertz CT molecular complexity index is 593. The number of halogens is 1. The van der Waals surface area contributed by atoms with Crippen molar-refractivity contribution in [2.45, 2.75) is 45.1 Å². The molecule has 1 aromatic heterocycles. The fraction of sp³-hybridized carbons (Fsp3) is 0.533. The van der Waals surface area contributed by atoms with Gasteiger partial charge in [0.1, 0.15) is 11.3 Å². The van der Waals surface area contributed by atoms with Gasteiger partial charge in [-0.15, -0.1) is 0 Å². The van der Waals surface area contributed by atoms with E-state index in [-0.39, 0.29) is 0 Å². The van der Waals surface area contributed by atoms with Crippen molar-refractivity contribution in [1.29, 1.82) is 0 Å². The highest BCUT2D eigenvalue weighted by Crippen LogP contribution is 2.38. The summed E-state index contributed by atoms with van der Waals surface area (Å²) in [6, 6.07) is 4.34. The Balaban J connectivity index is 1.88. The second-order valence-electron chi connectivity index (χ2n) is 5.15. The highest BCUT2D eigenvalue weighted by molar-refractivity contribution is 7.22. The van der Waals surface area contributed by atoms with Crippen LogP contribution >= 0.6 is 22.9 Å². The van der Waals surface area contributed by atoms with E-state index >= 15 is 0 Å². The molecule has 20 heavy (non-hydrogen) atoms. The number of rotatable bonds is 4. The predicted molar refractivity (Wildman–Crippen MR) is 86.3 cm³/mol. The molecule has 1 heterocycles. The Morgan fingerprint density at radius 1 is 1.35 bits per heavy atom. The molecule has 5 heteroatoms. The Kier molecular flexibility index (Phi) is 4.32. The van der Waals surface area contributed by atoms with Gasteiger partial charge in [0.15, 0.2) is 5.13 Å². The summed E-state index contributed by atoms with van der Waals surface area (Å²) >= 11 is 7.90. The first-order valence-corrected chi connectivity index (χ1v) is 8.45. The predicted octanol–water partition coefficient (Wildman–Crippen LogP) is 5.09. The van der Waals surface area contributed by atoms with Crippen LogP contribution in [0.25, 0.3) is 10.2 Å². The molecule has 108 valence electrons. The zero-order valence-electron chi connectivity index (χ0n) is 11.6. The standard InChI is InChI=1S/C15H19ClN2OS/c1-2-19-12-9-8-11(16)14-13(12)18-15(20-14)17-10-6-4-3-5-7-10/h8-10H,2-7H2,1H3,(H,17,18). The van der Waals surface area contributed by atoms with Crippen molar-refractivity contribution in [3.8, 4) is 5.75 Å². The highest BCUT2D eigenvalue weighted by atomic mass is 35.5. The number of anilines is 1. The summed E-state index contributed by atoms with van der Waals surface area (Å²) in [7, 11) is 0. The maximum Gasteiger partial charge on any atom is 0.184 e. The molecular formula is C15H19ClN2OS. The van der Waals surface area contributed by atoms with Gasteiger partial charge >= 0.3 is 0 Å². The van der Waals surface area contributed by atoms with E-state index in [9.17, 15) is 0 Å². The molecule has 3 nitrogen and oxygen atoms in total. The first-order valence-electron chi connectivity index (χ1n) is 7.26. The molecular weight excluding hydrogens is 292 g/mol. The van der Waals surface area contributed by atoms with Crippen LogP contribution in [0.5, 0.6) is 5.75 Å². The fourth-order valence-corrected chi connectivity index (χ4v) is 3.94. The second kappa shape index (κ2) is 6.19. The van der Waals surface area contributed by atoms with Crippen molar-refractivity contribution in [3.63, 3.8) is 0 Å². The molecule has 0 saturated heterocycles. The molecule has 3 rings (SSSR count). The van der Waals surface area contributed by atoms with Gasteiger partial charge in [0.05, 0.1) is 16.3 Å². The monoisotopic (exact) mass is 310 g/mol. The minimum absolute atomic E-state index is 0.554. The molecule has 0 aliphatic heterocycles. The van der Waals surface area contributed by atoms with Crippen LogP contribution in [0.15, 0.2) is 12.1 Å². The third-order valence-corrected chi connectivity index (χ3v) is 5.14. The summed E-state index contributed by atoms with van der Waals surface area (Å²) in [6.45, 7) is 2.62. The summed E-state index contributed by atoms with van der Waals surface area (Å²) in [6.07, 6.45) is 6.46. The summed E-state index contributed by atoms with van der Waals surface area (Å²) < 4.78 is 6.65. The average Bonchev–Trinajstić information content (AvgIpc) is 2.88. The molecule has 2 aromatic rings. The largest absolute Gasteiger partial charge is 0.492 e. The number of thiazole rings is 1. The lowest BCUT2D eigenvalue weighted by atomic mass is 9.96. The quantitative estimate of drug-likeness (QED) is 0.853. The molecule has 0 radical (unpaired) electrons. The van der Waals surface area contributed by atoms with Crippen LogP contribution < -0.4 is 10.1 Å². The zero-order valence-corrected chi connectivity index (χ0v) is 13.2. The molecule has 1 aliphatic carbocycles. The molecule has 1 N–H and O–H groups in total. The van der Waals surface area contributed by atoms with Crippen molar-refractivity contribution in [2.75, 3.05) is 11.9 Å². The number of ether oxygens (including phenoxy) is 1. The maximum atomic E-state index is 6.27. The second-order valence-corrected chi connectivity index (χ2v) is 6.56. The van der Waals surface area contributed by atoms with Crippen LogP contribution in [0.4, 0.5) is 5.13 Å². The SMILES string of the molecule is CCOc1ccc(Cl)c2sc(NC3CCCCC3)nc12. The normalized spacial score (nSPS) is 16.5. The van der Waals surface area contributed by atoms with Gasteiger partial charge in [-0.3, -0.25) is 0 Å². The third-order valence-electron chi connectivity index (χ3n) is 3.69. The van der Waals surface area contributed by atoms with Gasteiger partial charge in [-0.05, 0) is 31.9 Å². The van der Waals surface area contributed by atoms with Crippen LogP contribution in [-0.2, 0) is 0 Å². The van der Waals surface area contributed by atoms with Gasteiger partial charge in [-0.2, -0.15) is 0 Å². The number of aromatic nitrogens is 1. The average molecular weight is 311 g/mol. The van der Waals surface area contributed by atoms with Crippen LogP contribution in [0.1, 0.15) is 39.0 Å². The number of hydrogen-bond donors (Lipinski definition) is 1. The molecule has 1 fully saturated rings. The van der Waals surface area contributed by atoms with Gasteiger partial charge in [0.2, 0.25) is 0 Å². The van der Waals surface area contributed by atoms with Crippen LogP contribution in [-0.4, -0.2) is 17.6 Å². The number of benzene rings is 1. The Hall–Kier alpha value is -1.00. The minimum atomic E-state index is 0.554. The number of fused-ring (bicyclic) bond motifs is 1. The van der Waals surface area contributed by atoms with Crippen molar-refractivity contribution in [2.24, 2.45) is 0 Å². The van der Waals surface area contributed by atoms with E-state index in [1.165, 1.54) is 32.1 Å². The van der Waals surface area contributed by atoms with Crippen molar-refractivity contribution >= 4 is 38.3 Å². The van der Waals surface area contributed by atoms with Crippen LogP contribution in [0, 0.1) is 0 Å². The molecule has 0 spiro atoms. The fourth-order valence-electron chi connectivity index (χ4n) is 2.71. The van der Waals surface area contributed by atoms with Crippen LogP contribution in [0.3, 0.4) is 0 Å². The van der Waals surface area contributed by atoms with E-state index in [4.69, 9.17) is 16.3 Å². The van der Waals surface area contributed by atoms with Gasteiger partial charge < -0.3 is 10.1 Å².